The predicted octanol–water partition coefficient (Wildman–Crippen LogP) is 1.08. The van der Waals surface area contributed by atoms with Crippen LogP contribution in [0.2, 0.25) is 0 Å². The van der Waals surface area contributed by atoms with Crippen LogP contribution in [-0.4, -0.2) is 26.9 Å². The van der Waals surface area contributed by atoms with Gasteiger partial charge in [0.15, 0.2) is 5.82 Å². The highest BCUT2D eigenvalue weighted by Gasteiger charge is 2.12. The first-order valence-electron chi connectivity index (χ1n) is 5.49. The molecule has 0 spiro atoms. The molecule has 0 atom stereocenters. The van der Waals surface area contributed by atoms with Crippen molar-refractivity contribution in [3.63, 3.8) is 0 Å². The van der Waals surface area contributed by atoms with Crippen molar-refractivity contribution in [1.82, 2.24) is 15.2 Å². The Kier molecular flexibility index (Phi) is 2.38. The first-order valence-corrected chi connectivity index (χ1v) is 5.49. The maximum atomic E-state index is 14.2. The van der Waals surface area contributed by atoms with Crippen molar-refractivity contribution in [2.45, 2.75) is 6.42 Å². The van der Waals surface area contributed by atoms with E-state index in [9.17, 15) is 9.18 Å². The summed E-state index contributed by atoms with van der Waals surface area (Å²) in [6.45, 7) is -0.140. The molecule has 0 aliphatic heterocycles. The summed E-state index contributed by atoms with van der Waals surface area (Å²) in [5.74, 6) is -0.504. The lowest BCUT2D eigenvalue weighted by atomic mass is 10.1. The van der Waals surface area contributed by atoms with Crippen LogP contribution in [0.25, 0.3) is 21.8 Å². The molecule has 0 fully saturated rings. The second-order valence-corrected chi connectivity index (χ2v) is 4.05. The Labute approximate surface area is 100 Å². The zero-order valence-electron chi connectivity index (χ0n) is 9.33. The Morgan fingerprint density at radius 2 is 2.11 bits per heavy atom. The van der Waals surface area contributed by atoms with E-state index >= 15 is 0 Å². The van der Waals surface area contributed by atoms with Crippen LogP contribution >= 0.6 is 0 Å². The standard InChI is InChI=1S/C12H10FN3O2/c13-9-6(3-4-17)1-2-7-10-8(5-14-16-10)12(18)15-11(7)9/h1-2,5,17H,3-4H2,(H,14,16)(H,15,18). The van der Waals surface area contributed by atoms with E-state index < -0.39 is 5.82 Å². The molecule has 3 N–H and O–H groups in total. The summed E-state index contributed by atoms with van der Waals surface area (Å²) in [5, 5.41) is 16.3. The summed E-state index contributed by atoms with van der Waals surface area (Å²) in [5.41, 5.74) is 0.650. The fourth-order valence-corrected chi connectivity index (χ4v) is 2.11. The van der Waals surface area contributed by atoms with Crippen molar-refractivity contribution in [2.75, 3.05) is 6.61 Å². The number of benzene rings is 1. The number of hydrogen-bond acceptors (Lipinski definition) is 3. The van der Waals surface area contributed by atoms with Crippen LogP contribution in [0.4, 0.5) is 4.39 Å². The molecule has 2 heterocycles. The van der Waals surface area contributed by atoms with Gasteiger partial charge in [-0.1, -0.05) is 12.1 Å². The molecule has 0 aliphatic carbocycles. The molecule has 3 rings (SSSR count). The van der Waals surface area contributed by atoms with E-state index in [1.54, 1.807) is 12.1 Å². The van der Waals surface area contributed by atoms with Gasteiger partial charge >= 0.3 is 0 Å². The summed E-state index contributed by atoms with van der Waals surface area (Å²) in [6, 6.07) is 3.31. The van der Waals surface area contributed by atoms with Crippen LogP contribution in [0.5, 0.6) is 0 Å². The molecule has 18 heavy (non-hydrogen) atoms. The van der Waals surface area contributed by atoms with Crippen LogP contribution in [0, 0.1) is 5.82 Å². The Balaban J connectivity index is 2.45. The number of hydrogen-bond donors (Lipinski definition) is 3. The normalized spacial score (nSPS) is 11.4. The molecule has 0 saturated carbocycles. The molecule has 0 radical (unpaired) electrons. The molecule has 0 bridgehead atoms. The summed E-state index contributed by atoms with van der Waals surface area (Å²) in [7, 11) is 0. The van der Waals surface area contributed by atoms with Gasteiger partial charge in [-0.05, 0) is 12.0 Å². The van der Waals surface area contributed by atoms with Crippen molar-refractivity contribution in [3.05, 3.63) is 40.1 Å². The number of aromatic amines is 2. The molecular weight excluding hydrogens is 237 g/mol. The summed E-state index contributed by atoms with van der Waals surface area (Å²) in [4.78, 5) is 14.3. The number of aliphatic hydroxyl groups is 1. The maximum absolute atomic E-state index is 14.2. The first kappa shape index (κ1) is 10.9. The molecule has 92 valence electrons. The monoisotopic (exact) mass is 247 g/mol. The fraction of sp³-hybridized carbons (Fsp3) is 0.167. The molecule has 0 unspecified atom stereocenters. The average Bonchev–Trinajstić information content (AvgIpc) is 2.84. The molecule has 2 aromatic heterocycles. The third kappa shape index (κ3) is 1.42. The molecule has 0 amide bonds. The van der Waals surface area contributed by atoms with Crippen LogP contribution in [0.1, 0.15) is 5.56 Å². The van der Waals surface area contributed by atoms with E-state index in [1.165, 1.54) is 6.20 Å². The van der Waals surface area contributed by atoms with Gasteiger partial charge in [0.25, 0.3) is 5.56 Å². The maximum Gasteiger partial charge on any atom is 0.259 e. The van der Waals surface area contributed by atoms with Crippen molar-refractivity contribution in [3.8, 4) is 0 Å². The third-order valence-corrected chi connectivity index (χ3v) is 2.99. The van der Waals surface area contributed by atoms with Crippen molar-refractivity contribution < 1.29 is 9.50 Å². The summed E-state index contributed by atoms with van der Waals surface area (Å²) < 4.78 is 14.2. The minimum absolute atomic E-state index is 0.140. The van der Waals surface area contributed by atoms with Crippen molar-refractivity contribution in [1.29, 1.82) is 0 Å². The number of halogens is 1. The zero-order valence-corrected chi connectivity index (χ0v) is 9.33. The van der Waals surface area contributed by atoms with Gasteiger partial charge in [-0.2, -0.15) is 5.10 Å². The van der Waals surface area contributed by atoms with Gasteiger partial charge in [0.1, 0.15) is 0 Å². The molecular formula is C12H10FN3O2. The molecule has 0 aliphatic rings. The lowest BCUT2D eigenvalue weighted by molar-refractivity contribution is 0.298. The quantitative estimate of drug-likeness (QED) is 0.633. The minimum Gasteiger partial charge on any atom is -0.396 e. The predicted molar refractivity (Wildman–Crippen MR) is 65.0 cm³/mol. The third-order valence-electron chi connectivity index (χ3n) is 2.99. The van der Waals surface area contributed by atoms with E-state index in [1.807, 2.05) is 0 Å². The van der Waals surface area contributed by atoms with Crippen LogP contribution in [0.15, 0.2) is 23.1 Å². The largest absolute Gasteiger partial charge is 0.396 e. The lowest BCUT2D eigenvalue weighted by Gasteiger charge is -2.05. The van der Waals surface area contributed by atoms with Gasteiger partial charge in [-0.15, -0.1) is 0 Å². The molecule has 3 aromatic rings. The highest BCUT2D eigenvalue weighted by atomic mass is 19.1. The minimum atomic E-state index is -0.504. The van der Waals surface area contributed by atoms with E-state index in [0.29, 0.717) is 21.9 Å². The molecule has 6 heteroatoms. The summed E-state index contributed by atoms with van der Waals surface area (Å²) in [6.07, 6.45) is 1.62. The van der Waals surface area contributed by atoms with Crippen molar-refractivity contribution >= 4 is 21.8 Å². The highest BCUT2D eigenvalue weighted by Crippen LogP contribution is 2.23. The zero-order chi connectivity index (χ0) is 12.7. The van der Waals surface area contributed by atoms with Gasteiger partial charge in [-0.25, -0.2) is 4.39 Å². The Morgan fingerprint density at radius 3 is 2.89 bits per heavy atom. The van der Waals surface area contributed by atoms with Crippen LogP contribution in [-0.2, 0) is 6.42 Å². The molecule has 0 saturated heterocycles. The smallest absolute Gasteiger partial charge is 0.259 e. The van der Waals surface area contributed by atoms with E-state index in [4.69, 9.17) is 5.11 Å². The number of aromatic nitrogens is 3. The Bertz CT molecular complexity index is 791. The number of H-pyrrole nitrogens is 2. The summed E-state index contributed by atoms with van der Waals surface area (Å²) >= 11 is 0. The second-order valence-electron chi connectivity index (χ2n) is 4.05. The van der Waals surface area contributed by atoms with Crippen LogP contribution < -0.4 is 5.56 Å². The van der Waals surface area contributed by atoms with Gasteiger partial charge in [0.05, 0.1) is 22.6 Å². The van der Waals surface area contributed by atoms with E-state index in [2.05, 4.69) is 15.2 Å². The van der Waals surface area contributed by atoms with Crippen molar-refractivity contribution in [2.24, 2.45) is 0 Å². The molecule has 1 aromatic carbocycles. The molecule has 5 nitrogen and oxygen atoms in total. The average molecular weight is 247 g/mol. The Morgan fingerprint density at radius 1 is 1.28 bits per heavy atom. The van der Waals surface area contributed by atoms with E-state index in [-0.39, 0.29) is 24.1 Å². The van der Waals surface area contributed by atoms with Crippen LogP contribution in [0.3, 0.4) is 0 Å². The fourth-order valence-electron chi connectivity index (χ4n) is 2.11. The number of fused-ring (bicyclic) bond motifs is 3. The van der Waals surface area contributed by atoms with Gasteiger partial charge < -0.3 is 10.1 Å². The number of nitrogens with zero attached hydrogens (tertiary/aromatic N) is 1. The number of rotatable bonds is 2. The SMILES string of the molecule is O=c1[nH]c2c(F)c(CCO)ccc2c2[nH]ncc12. The van der Waals surface area contributed by atoms with Gasteiger partial charge in [0, 0.05) is 12.0 Å². The second kappa shape index (κ2) is 3.92. The van der Waals surface area contributed by atoms with E-state index in [0.717, 1.165) is 0 Å². The number of aliphatic hydroxyl groups excluding tert-OH is 1. The topological polar surface area (TPSA) is 81.8 Å². The van der Waals surface area contributed by atoms with Gasteiger partial charge in [-0.3, -0.25) is 9.89 Å². The van der Waals surface area contributed by atoms with Gasteiger partial charge in [0.2, 0.25) is 0 Å². The number of pyridine rings is 1. The lowest BCUT2D eigenvalue weighted by Crippen LogP contribution is -2.07. The first-order chi connectivity index (χ1) is 8.72. The number of nitrogens with one attached hydrogen (secondary N) is 2. The highest BCUT2D eigenvalue weighted by molar-refractivity contribution is 6.02. The Hall–Kier alpha value is -2.21.